The van der Waals surface area contributed by atoms with Crippen molar-refractivity contribution in [3.8, 4) is 0 Å². The summed E-state index contributed by atoms with van der Waals surface area (Å²) in [6.45, 7) is 7.66. The first-order valence-electron chi connectivity index (χ1n) is 7.03. The fraction of sp³-hybridized carbons (Fsp3) is 0.562. The van der Waals surface area contributed by atoms with Gasteiger partial charge in [0.05, 0.1) is 0 Å². The molecule has 0 N–H and O–H groups in total. The second-order valence-electron chi connectivity index (χ2n) is 5.38. The molecule has 1 heterocycles. The van der Waals surface area contributed by atoms with Gasteiger partial charge in [-0.2, -0.15) is 0 Å². The minimum atomic E-state index is 0.224. The molecule has 0 aromatic heterocycles. The van der Waals surface area contributed by atoms with E-state index < -0.39 is 0 Å². The molecule has 0 amide bonds. The molecule has 0 radical (unpaired) electrons. The first-order valence-corrected chi connectivity index (χ1v) is 7.03. The van der Waals surface area contributed by atoms with Gasteiger partial charge in [0.2, 0.25) is 0 Å². The molecule has 0 spiro atoms. The second kappa shape index (κ2) is 5.55. The van der Waals surface area contributed by atoms with E-state index in [4.69, 9.17) is 0 Å². The number of carbonyl (C=O) groups is 1. The van der Waals surface area contributed by atoms with E-state index in [1.54, 1.807) is 0 Å². The first kappa shape index (κ1) is 13.1. The van der Waals surface area contributed by atoms with E-state index in [9.17, 15) is 4.79 Å². The van der Waals surface area contributed by atoms with E-state index in [2.05, 4.69) is 30.9 Å². The smallest absolute Gasteiger partial charge is 0.162 e. The number of anilines is 1. The Labute approximate surface area is 110 Å². The Morgan fingerprint density at radius 3 is 2.56 bits per heavy atom. The Bertz CT molecular complexity index is 410. The molecule has 1 aromatic rings. The zero-order chi connectivity index (χ0) is 13.1. The molecule has 1 aromatic carbocycles. The van der Waals surface area contributed by atoms with Crippen molar-refractivity contribution in [1.29, 1.82) is 0 Å². The molecule has 2 heteroatoms. The van der Waals surface area contributed by atoms with Gasteiger partial charge in [-0.15, -0.1) is 0 Å². The highest BCUT2D eigenvalue weighted by Crippen LogP contribution is 2.28. The van der Waals surface area contributed by atoms with Crippen molar-refractivity contribution in [1.82, 2.24) is 0 Å². The predicted octanol–water partition coefficient (Wildman–Crippen LogP) is 3.90. The zero-order valence-corrected chi connectivity index (χ0v) is 11.6. The third-order valence-electron chi connectivity index (χ3n) is 4.22. The van der Waals surface area contributed by atoms with Crippen LogP contribution in [0, 0.1) is 5.92 Å². The van der Waals surface area contributed by atoms with Gasteiger partial charge in [0.15, 0.2) is 5.78 Å². The van der Waals surface area contributed by atoms with Gasteiger partial charge in [-0.05, 0) is 49.9 Å². The number of benzene rings is 1. The topological polar surface area (TPSA) is 20.3 Å². The van der Waals surface area contributed by atoms with Gasteiger partial charge < -0.3 is 4.90 Å². The highest BCUT2D eigenvalue weighted by atomic mass is 16.1. The van der Waals surface area contributed by atoms with Crippen molar-refractivity contribution in [2.24, 2.45) is 5.92 Å². The Morgan fingerprint density at radius 1 is 1.28 bits per heavy atom. The van der Waals surface area contributed by atoms with Gasteiger partial charge in [0.1, 0.15) is 0 Å². The average molecular weight is 245 g/mol. The molecule has 98 valence electrons. The molecule has 2 atom stereocenters. The molecule has 1 saturated heterocycles. The van der Waals surface area contributed by atoms with Gasteiger partial charge in [-0.3, -0.25) is 4.79 Å². The molecule has 2 rings (SSSR count). The van der Waals surface area contributed by atoms with Crippen LogP contribution >= 0.6 is 0 Å². The number of hydrogen-bond donors (Lipinski definition) is 0. The molecule has 2 unspecified atom stereocenters. The first-order chi connectivity index (χ1) is 8.63. The Morgan fingerprint density at radius 2 is 1.94 bits per heavy atom. The quantitative estimate of drug-likeness (QED) is 0.753. The highest BCUT2D eigenvalue weighted by molar-refractivity contribution is 5.96. The van der Waals surface area contributed by atoms with Crippen molar-refractivity contribution in [3.05, 3.63) is 29.8 Å². The minimum Gasteiger partial charge on any atom is -0.369 e. The van der Waals surface area contributed by atoms with Gasteiger partial charge in [0, 0.05) is 30.3 Å². The lowest BCUT2D eigenvalue weighted by Gasteiger charge is -2.39. The maximum Gasteiger partial charge on any atom is 0.162 e. The lowest BCUT2D eigenvalue weighted by atomic mass is 9.91. The number of rotatable bonds is 3. The monoisotopic (exact) mass is 245 g/mol. The lowest BCUT2D eigenvalue weighted by molar-refractivity contribution is 0.0988. The largest absolute Gasteiger partial charge is 0.369 e. The molecule has 1 fully saturated rings. The maximum absolute atomic E-state index is 11.6. The van der Waals surface area contributed by atoms with E-state index >= 15 is 0 Å². The van der Waals surface area contributed by atoms with E-state index in [0.717, 1.165) is 18.0 Å². The molecule has 0 aliphatic carbocycles. The summed E-state index contributed by atoms with van der Waals surface area (Å²) in [4.78, 5) is 14.1. The number of ketones is 1. The molecule has 0 saturated carbocycles. The summed E-state index contributed by atoms with van der Waals surface area (Å²) in [7, 11) is 0. The molecular formula is C16H23NO. The Hall–Kier alpha value is -1.31. The summed E-state index contributed by atoms with van der Waals surface area (Å²) < 4.78 is 0. The van der Waals surface area contributed by atoms with Gasteiger partial charge in [-0.25, -0.2) is 0 Å². The van der Waals surface area contributed by atoms with Crippen molar-refractivity contribution in [2.75, 3.05) is 11.4 Å². The normalized spacial score (nSPS) is 24.1. The number of nitrogens with zero attached hydrogens (tertiary/aromatic N) is 1. The van der Waals surface area contributed by atoms with Crippen LogP contribution in [0.4, 0.5) is 5.69 Å². The van der Waals surface area contributed by atoms with Crippen molar-refractivity contribution in [3.63, 3.8) is 0 Å². The maximum atomic E-state index is 11.6. The Kier molecular flexibility index (Phi) is 4.05. The van der Waals surface area contributed by atoms with Crippen LogP contribution in [0.2, 0.25) is 0 Å². The number of hydrogen-bond acceptors (Lipinski definition) is 2. The summed E-state index contributed by atoms with van der Waals surface area (Å²) in [5.41, 5.74) is 2.08. The third kappa shape index (κ3) is 2.58. The van der Waals surface area contributed by atoms with Crippen molar-refractivity contribution in [2.45, 2.75) is 46.1 Å². The van der Waals surface area contributed by atoms with Gasteiger partial charge >= 0.3 is 0 Å². The fourth-order valence-electron chi connectivity index (χ4n) is 2.74. The average Bonchev–Trinajstić information content (AvgIpc) is 2.41. The SMILES string of the molecule is CCC(=O)c1ccc(N2CCCC(C)C2C)cc1. The van der Waals surface area contributed by atoms with E-state index in [1.807, 2.05) is 19.1 Å². The van der Waals surface area contributed by atoms with E-state index in [1.165, 1.54) is 18.5 Å². The Balaban J connectivity index is 2.16. The van der Waals surface area contributed by atoms with Crippen LogP contribution in [0.25, 0.3) is 0 Å². The summed E-state index contributed by atoms with van der Waals surface area (Å²) >= 11 is 0. The lowest BCUT2D eigenvalue weighted by Crippen LogP contribution is -2.42. The minimum absolute atomic E-state index is 0.224. The molecule has 2 nitrogen and oxygen atoms in total. The molecule has 0 bridgehead atoms. The van der Waals surface area contributed by atoms with E-state index in [0.29, 0.717) is 12.5 Å². The summed E-state index contributed by atoms with van der Waals surface area (Å²) in [6, 6.07) is 8.71. The van der Waals surface area contributed by atoms with Crippen LogP contribution in [-0.2, 0) is 0 Å². The standard InChI is InChI=1S/C16H23NO/c1-4-16(18)14-7-9-15(10-8-14)17-11-5-6-12(2)13(17)3/h7-10,12-13H,4-6,11H2,1-3H3. The third-order valence-corrected chi connectivity index (χ3v) is 4.22. The van der Waals surface area contributed by atoms with Crippen LogP contribution in [0.5, 0.6) is 0 Å². The number of carbonyl (C=O) groups excluding carboxylic acids is 1. The van der Waals surface area contributed by atoms with Crippen molar-refractivity contribution >= 4 is 11.5 Å². The fourth-order valence-corrected chi connectivity index (χ4v) is 2.74. The predicted molar refractivity (Wildman–Crippen MR) is 76.3 cm³/mol. The van der Waals surface area contributed by atoms with Crippen LogP contribution in [0.3, 0.4) is 0 Å². The highest BCUT2D eigenvalue weighted by Gasteiger charge is 2.24. The molecule has 18 heavy (non-hydrogen) atoms. The van der Waals surface area contributed by atoms with E-state index in [-0.39, 0.29) is 5.78 Å². The zero-order valence-electron chi connectivity index (χ0n) is 11.6. The summed E-state index contributed by atoms with van der Waals surface area (Å²) in [6.07, 6.45) is 3.17. The van der Waals surface area contributed by atoms with Crippen LogP contribution in [-0.4, -0.2) is 18.4 Å². The number of Topliss-reactive ketones (excluding diaryl/α,β-unsaturated/α-hetero) is 1. The number of piperidine rings is 1. The summed E-state index contributed by atoms with van der Waals surface area (Å²) in [5.74, 6) is 0.970. The van der Waals surface area contributed by atoms with Gasteiger partial charge in [-0.1, -0.05) is 13.8 Å². The molecule has 1 aliphatic heterocycles. The van der Waals surface area contributed by atoms with Crippen LogP contribution < -0.4 is 4.90 Å². The van der Waals surface area contributed by atoms with Gasteiger partial charge in [0.25, 0.3) is 0 Å². The van der Waals surface area contributed by atoms with Crippen molar-refractivity contribution < 1.29 is 4.79 Å². The molecule has 1 aliphatic rings. The van der Waals surface area contributed by atoms with Crippen LogP contribution in [0.1, 0.15) is 50.4 Å². The molecular weight excluding hydrogens is 222 g/mol. The summed E-state index contributed by atoms with van der Waals surface area (Å²) in [5, 5.41) is 0. The second-order valence-corrected chi connectivity index (χ2v) is 5.38. The van der Waals surface area contributed by atoms with Crippen LogP contribution in [0.15, 0.2) is 24.3 Å².